The van der Waals surface area contributed by atoms with Crippen molar-refractivity contribution in [2.75, 3.05) is 13.7 Å². The molecule has 2 rings (SSSR count). The molecule has 0 saturated heterocycles. The van der Waals surface area contributed by atoms with Crippen molar-refractivity contribution >= 4 is 81.6 Å². The molecule has 0 aliphatic heterocycles. The Balaban J connectivity index is 2.18. The highest BCUT2D eigenvalue weighted by Crippen LogP contribution is 2.34. The number of amides is 1. The second-order valence-electron chi connectivity index (χ2n) is 14.9. The standard InChI is InChI=1S/C38H55Cl2N3O13S2/c1-10-12-29(46)41-23(15-20(2)3)28(54-22(5)44)16-30(47)53-17-26(45)32-42-25(19-57-32)36(50)55-27(13-11-14-38(8,39)40)21(4)34(48)56-31(37(6,7)51)33-43-24(18-58-33)35(49)52-9/h18-21,23,26-28,31,45,51H,10-17H2,1-9H3,(H,41,46). The van der Waals surface area contributed by atoms with Crippen molar-refractivity contribution < 1.29 is 62.7 Å². The number of nitrogens with one attached hydrogen (secondary N) is 1. The van der Waals surface area contributed by atoms with E-state index in [1.54, 1.807) is 6.92 Å². The van der Waals surface area contributed by atoms with Gasteiger partial charge in [-0.2, -0.15) is 0 Å². The summed E-state index contributed by atoms with van der Waals surface area (Å²) in [5.74, 6) is -5.18. The molecule has 16 nitrogen and oxygen atoms in total. The lowest BCUT2D eigenvalue weighted by Gasteiger charge is -2.30. The molecule has 0 aliphatic carbocycles. The summed E-state index contributed by atoms with van der Waals surface area (Å²) in [5.41, 5.74) is -1.86. The molecule has 326 valence electrons. The lowest BCUT2D eigenvalue weighted by Crippen LogP contribution is -2.47. The van der Waals surface area contributed by atoms with Crippen LogP contribution in [-0.2, 0) is 42.9 Å². The molecule has 0 radical (unpaired) electrons. The molecule has 6 unspecified atom stereocenters. The van der Waals surface area contributed by atoms with Crippen molar-refractivity contribution in [1.82, 2.24) is 15.3 Å². The molecule has 0 spiro atoms. The molecule has 0 fully saturated rings. The number of halogens is 2. The van der Waals surface area contributed by atoms with Crippen LogP contribution in [0.25, 0.3) is 0 Å². The fourth-order valence-electron chi connectivity index (χ4n) is 5.50. The van der Waals surface area contributed by atoms with Gasteiger partial charge in [0.15, 0.2) is 17.5 Å². The van der Waals surface area contributed by atoms with Gasteiger partial charge in [-0.3, -0.25) is 19.2 Å². The van der Waals surface area contributed by atoms with Crippen LogP contribution < -0.4 is 5.32 Å². The first-order valence-electron chi connectivity index (χ1n) is 18.8. The van der Waals surface area contributed by atoms with Gasteiger partial charge in [-0.25, -0.2) is 19.6 Å². The average Bonchev–Trinajstić information content (AvgIpc) is 3.81. The third kappa shape index (κ3) is 17.4. The first-order chi connectivity index (χ1) is 26.9. The summed E-state index contributed by atoms with van der Waals surface area (Å²) in [5, 5.41) is 27.4. The summed E-state index contributed by atoms with van der Waals surface area (Å²) >= 11 is 14.2. The highest BCUT2D eigenvalue weighted by Gasteiger charge is 2.39. The Morgan fingerprint density at radius 3 is 2.07 bits per heavy atom. The second kappa shape index (κ2) is 23.4. The Hall–Kier alpha value is -3.42. The van der Waals surface area contributed by atoms with Crippen LogP contribution in [0.4, 0.5) is 0 Å². The number of rotatable bonds is 24. The van der Waals surface area contributed by atoms with E-state index in [-0.39, 0.29) is 52.5 Å². The molecule has 0 saturated carbocycles. The number of nitrogens with zero attached hydrogens (tertiary/aromatic N) is 2. The Bertz CT molecular complexity index is 1690. The molecule has 3 N–H and O–H groups in total. The van der Waals surface area contributed by atoms with Gasteiger partial charge in [-0.15, -0.1) is 45.9 Å². The fourth-order valence-corrected chi connectivity index (χ4v) is 7.52. The Morgan fingerprint density at radius 2 is 1.52 bits per heavy atom. The van der Waals surface area contributed by atoms with E-state index in [9.17, 15) is 39.0 Å². The number of aliphatic hydroxyl groups is 2. The lowest BCUT2D eigenvalue weighted by molar-refractivity contribution is -0.171. The van der Waals surface area contributed by atoms with Crippen molar-refractivity contribution in [1.29, 1.82) is 0 Å². The summed E-state index contributed by atoms with van der Waals surface area (Å²) < 4.78 is 25.8. The minimum atomic E-state index is -1.63. The van der Waals surface area contributed by atoms with E-state index in [2.05, 4.69) is 15.3 Å². The topological polar surface area (TPSA) is 227 Å². The molecule has 0 aliphatic rings. The zero-order chi connectivity index (χ0) is 44.0. The molecule has 20 heteroatoms. The predicted octanol–water partition coefficient (Wildman–Crippen LogP) is 6.20. The highest BCUT2D eigenvalue weighted by molar-refractivity contribution is 7.10. The van der Waals surface area contributed by atoms with Crippen LogP contribution >= 0.6 is 45.9 Å². The zero-order valence-corrected chi connectivity index (χ0v) is 37.3. The second-order valence-corrected chi connectivity index (χ2v) is 18.5. The van der Waals surface area contributed by atoms with Gasteiger partial charge >= 0.3 is 29.8 Å². The van der Waals surface area contributed by atoms with E-state index in [4.69, 9.17) is 46.9 Å². The quantitative estimate of drug-likeness (QED) is 0.0606. The number of thiazole rings is 2. The van der Waals surface area contributed by atoms with Gasteiger partial charge in [0, 0.05) is 24.1 Å². The van der Waals surface area contributed by atoms with Crippen LogP contribution in [0.3, 0.4) is 0 Å². The van der Waals surface area contributed by atoms with E-state index < -0.39 is 89.2 Å². The van der Waals surface area contributed by atoms with Crippen molar-refractivity contribution in [2.24, 2.45) is 11.8 Å². The van der Waals surface area contributed by atoms with Crippen LogP contribution in [-0.4, -0.2) is 97.8 Å². The summed E-state index contributed by atoms with van der Waals surface area (Å²) in [7, 11) is 1.19. The minimum absolute atomic E-state index is 0.0210. The molecular formula is C38H55Cl2N3O13S2. The van der Waals surface area contributed by atoms with E-state index in [0.717, 1.165) is 22.7 Å². The lowest BCUT2D eigenvalue weighted by atomic mass is 9.96. The molecular weight excluding hydrogens is 841 g/mol. The summed E-state index contributed by atoms with van der Waals surface area (Å²) in [4.78, 5) is 84.5. The number of carbonyl (C=O) groups is 6. The number of methoxy groups -OCH3 is 1. The zero-order valence-electron chi connectivity index (χ0n) is 34.2. The molecule has 58 heavy (non-hydrogen) atoms. The average molecular weight is 897 g/mol. The van der Waals surface area contributed by atoms with Gasteiger partial charge in [0.05, 0.1) is 25.5 Å². The van der Waals surface area contributed by atoms with Crippen LogP contribution in [0, 0.1) is 11.8 Å². The minimum Gasteiger partial charge on any atom is -0.464 e. The van der Waals surface area contributed by atoms with Crippen LogP contribution in [0.2, 0.25) is 0 Å². The van der Waals surface area contributed by atoms with Gasteiger partial charge in [0.25, 0.3) is 0 Å². The maximum atomic E-state index is 13.6. The Labute approximate surface area is 356 Å². The number of hydrogen-bond acceptors (Lipinski definition) is 17. The molecule has 0 bridgehead atoms. The monoisotopic (exact) mass is 895 g/mol. The van der Waals surface area contributed by atoms with Gasteiger partial charge in [-0.05, 0) is 65.7 Å². The predicted molar refractivity (Wildman–Crippen MR) is 215 cm³/mol. The van der Waals surface area contributed by atoms with Crippen LogP contribution in [0.1, 0.15) is 144 Å². The third-order valence-electron chi connectivity index (χ3n) is 8.41. The molecule has 2 aromatic rings. The highest BCUT2D eigenvalue weighted by atomic mass is 35.5. The van der Waals surface area contributed by atoms with E-state index in [1.165, 1.54) is 45.6 Å². The van der Waals surface area contributed by atoms with Gasteiger partial charge in [-0.1, -0.05) is 20.8 Å². The number of esters is 5. The van der Waals surface area contributed by atoms with Crippen LogP contribution in [0.5, 0.6) is 0 Å². The Morgan fingerprint density at radius 1 is 0.914 bits per heavy atom. The van der Waals surface area contributed by atoms with E-state index in [0.29, 0.717) is 19.3 Å². The van der Waals surface area contributed by atoms with E-state index >= 15 is 0 Å². The Kier molecular flexibility index (Phi) is 20.5. The van der Waals surface area contributed by atoms with E-state index in [1.807, 2.05) is 20.8 Å². The summed E-state index contributed by atoms with van der Waals surface area (Å²) in [6.07, 6.45) is -3.22. The molecule has 0 aromatic carbocycles. The van der Waals surface area contributed by atoms with Gasteiger partial charge < -0.3 is 39.2 Å². The normalized spacial score (nSPS) is 15.0. The number of ether oxygens (including phenoxy) is 5. The molecule has 2 heterocycles. The van der Waals surface area contributed by atoms with Crippen molar-refractivity contribution in [2.45, 2.75) is 141 Å². The van der Waals surface area contributed by atoms with Gasteiger partial charge in [0.2, 0.25) is 5.91 Å². The van der Waals surface area contributed by atoms with Crippen molar-refractivity contribution in [3.8, 4) is 0 Å². The maximum Gasteiger partial charge on any atom is 0.358 e. The smallest absolute Gasteiger partial charge is 0.358 e. The first-order valence-corrected chi connectivity index (χ1v) is 21.3. The number of alkyl halides is 2. The SMILES string of the molecule is CCCC(=O)NC(CC(C)C)C(CC(=O)OCC(O)c1nc(C(=O)OC(CCCC(C)(Cl)Cl)C(C)C(=O)OC(c2nc(C(=O)OC)cs2)C(C)(C)O)cs1)OC(C)=O. The van der Waals surface area contributed by atoms with Gasteiger partial charge in [0.1, 0.15) is 44.9 Å². The third-order valence-corrected chi connectivity index (χ3v) is 10.6. The number of aromatic nitrogens is 2. The largest absolute Gasteiger partial charge is 0.464 e. The number of hydrogen-bond donors (Lipinski definition) is 3. The number of aliphatic hydroxyl groups excluding tert-OH is 1. The first kappa shape index (κ1) is 50.7. The summed E-state index contributed by atoms with van der Waals surface area (Å²) in [6.45, 7) is 12.2. The summed E-state index contributed by atoms with van der Waals surface area (Å²) in [6, 6.07) is -0.655. The molecule has 1 amide bonds. The maximum absolute atomic E-state index is 13.6. The van der Waals surface area contributed by atoms with Crippen LogP contribution in [0.15, 0.2) is 10.8 Å². The molecule has 6 atom stereocenters. The fraction of sp³-hybridized carbons (Fsp3) is 0.684. The number of carbonyl (C=O) groups excluding carboxylic acids is 6. The van der Waals surface area contributed by atoms with Crippen molar-refractivity contribution in [3.63, 3.8) is 0 Å². The molecule has 2 aromatic heterocycles. The van der Waals surface area contributed by atoms with Crippen molar-refractivity contribution in [3.05, 3.63) is 32.2 Å².